The molecule has 0 radical (unpaired) electrons. The van der Waals surface area contributed by atoms with Gasteiger partial charge in [-0.05, 0) is 31.0 Å². The van der Waals surface area contributed by atoms with Crippen molar-refractivity contribution in [1.29, 1.82) is 0 Å². The zero-order valence-corrected chi connectivity index (χ0v) is 14.8. The maximum absolute atomic E-state index is 12.1. The molecule has 2 rings (SSSR count). The van der Waals surface area contributed by atoms with Crippen LogP contribution in [0.15, 0.2) is 18.2 Å². The molecule has 1 aliphatic heterocycles. The Hall–Kier alpha value is -1.79. The molecule has 0 bridgehead atoms. The first kappa shape index (κ1) is 18.5. The van der Waals surface area contributed by atoms with E-state index in [1.807, 2.05) is 0 Å². The van der Waals surface area contributed by atoms with Gasteiger partial charge in [-0.3, -0.25) is 9.59 Å². The number of rotatable bonds is 6. The fraction of sp³-hybridized carbons (Fsp3) is 0.529. The number of methoxy groups -OCH3 is 1. The highest BCUT2D eigenvalue weighted by atomic mass is 35.5. The van der Waals surface area contributed by atoms with Crippen molar-refractivity contribution in [3.05, 3.63) is 23.2 Å². The predicted molar refractivity (Wildman–Crippen MR) is 92.6 cm³/mol. The zero-order valence-electron chi connectivity index (χ0n) is 14.0. The molecule has 0 atom stereocenters. The summed E-state index contributed by atoms with van der Waals surface area (Å²) in [4.78, 5) is 25.6. The van der Waals surface area contributed by atoms with Crippen molar-refractivity contribution in [2.45, 2.75) is 19.8 Å². The minimum atomic E-state index is -0.114. The van der Waals surface area contributed by atoms with Gasteiger partial charge in [0.05, 0.1) is 12.1 Å². The van der Waals surface area contributed by atoms with Crippen LogP contribution in [0.4, 0.5) is 5.69 Å². The zero-order chi connectivity index (χ0) is 17.5. The molecule has 0 aromatic heterocycles. The van der Waals surface area contributed by atoms with E-state index in [1.165, 1.54) is 14.0 Å². The summed E-state index contributed by atoms with van der Waals surface area (Å²) in [5.74, 6) is 0.461. The number of halogens is 1. The summed E-state index contributed by atoms with van der Waals surface area (Å²) in [6.07, 6.45) is 1.49. The van der Waals surface area contributed by atoms with E-state index in [0.29, 0.717) is 42.8 Å². The van der Waals surface area contributed by atoms with Gasteiger partial charge >= 0.3 is 0 Å². The Morgan fingerprint density at radius 2 is 2.08 bits per heavy atom. The van der Waals surface area contributed by atoms with Gasteiger partial charge < -0.3 is 19.7 Å². The van der Waals surface area contributed by atoms with E-state index in [2.05, 4.69) is 5.32 Å². The van der Waals surface area contributed by atoms with Crippen molar-refractivity contribution in [3.8, 4) is 5.75 Å². The molecular weight excluding hydrogens is 332 g/mol. The summed E-state index contributed by atoms with van der Waals surface area (Å²) in [6, 6.07) is 5.17. The maximum atomic E-state index is 12.1. The van der Waals surface area contributed by atoms with Crippen LogP contribution in [0.25, 0.3) is 0 Å². The normalized spacial score (nSPS) is 15.0. The van der Waals surface area contributed by atoms with Crippen molar-refractivity contribution in [3.63, 3.8) is 0 Å². The third kappa shape index (κ3) is 4.85. The van der Waals surface area contributed by atoms with Crippen LogP contribution in [-0.4, -0.2) is 45.2 Å². The number of amides is 2. The third-order valence-electron chi connectivity index (χ3n) is 4.05. The molecule has 6 nitrogen and oxygen atoms in total. The monoisotopic (exact) mass is 354 g/mol. The lowest BCUT2D eigenvalue weighted by Crippen LogP contribution is -2.40. The smallest absolute Gasteiger partial charge is 0.223 e. The van der Waals surface area contributed by atoms with Gasteiger partial charge in [-0.15, -0.1) is 0 Å². The van der Waals surface area contributed by atoms with Crippen molar-refractivity contribution in [1.82, 2.24) is 5.32 Å². The van der Waals surface area contributed by atoms with Crippen LogP contribution in [0, 0.1) is 5.92 Å². The second-order valence-electron chi connectivity index (χ2n) is 5.67. The first-order valence-corrected chi connectivity index (χ1v) is 8.38. The summed E-state index contributed by atoms with van der Waals surface area (Å²) in [5, 5.41) is 3.34. The molecule has 1 aromatic rings. The van der Waals surface area contributed by atoms with Gasteiger partial charge in [0.2, 0.25) is 11.8 Å². The van der Waals surface area contributed by atoms with Crippen molar-refractivity contribution in [2.75, 3.05) is 38.3 Å². The summed E-state index contributed by atoms with van der Waals surface area (Å²) in [7, 11) is 1.54. The molecule has 1 aromatic carbocycles. The molecule has 1 aliphatic rings. The molecule has 24 heavy (non-hydrogen) atoms. The molecule has 0 spiro atoms. The van der Waals surface area contributed by atoms with E-state index >= 15 is 0 Å². The minimum Gasteiger partial charge on any atom is -0.495 e. The van der Waals surface area contributed by atoms with E-state index in [9.17, 15) is 9.59 Å². The van der Waals surface area contributed by atoms with Gasteiger partial charge in [0, 0.05) is 44.8 Å². The number of carbonyl (C=O) groups excluding carboxylic acids is 2. The van der Waals surface area contributed by atoms with E-state index < -0.39 is 0 Å². The summed E-state index contributed by atoms with van der Waals surface area (Å²) in [5.41, 5.74) is 0.675. The Kier molecular flexibility index (Phi) is 6.87. The Morgan fingerprint density at radius 3 is 2.67 bits per heavy atom. The van der Waals surface area contributed by atoms with E-state index in [1.54, 1.807) is 23.1 Å². The average molecular weight is 355 g/mol. The van der Waals surface area contributed by atoms with Gasteiger partial charge in [-0.25, -0.2) is 0 Å². The Bertz CT molecular complexity index is 588. The lowest BCUT2D eigenvalue weighted by Gasteiger charge is -2.24. The predicted octanol–water partition coefficient (Wildman–Crippen LogP) is 2.24. The second kappa shape index (κ2) is 8.89. The molecule has 0 aliphatic carbocycles. The number of nitrogens with one attached hydrogen (secondary N) is 1. The van der Waals surface area contributed by atoms with Crippen LogP contribution in [0.1, 0.15) is 19.8 Å². The number of nitrogens with zero attached hydrogens (tertiary/aromatic N) is 1. The van der Waals surface area contributed by atoms with Crippen LogP contribution in [0.2, 0.25) is 5.02 Å². The summed E-state index contributed by atoms with van der Waals surface area (Å²) >= 11 is 6.12. The highest BCUT2D eigenvalue weighted by Crippen LogP contribution is 2.29. The Labute approximate surface area is 147 Å². The fourth-order valence-corrected chi connectivity index (χ4v) is 2.94. The van der Waals surface area contributed by atoms with Gasteiger partial charge in [-0.2, -0.15) is 0 Å². The molecule has 1 fully saturated rings. The molecule has 132 valence electrons. The topological polar surface area (TPSA) is 67.9 Å². The number of benzene rings is 1. The van der Waals surface area contributed by atoms with Crippen molar-refractivity contribution < 1.29 is 19.1 Å². The minimum absolute atomic E-state index is 0.0000380. The largest absolute Gasteiger partial charge is 0.495 e. The Morgan fingerprint density at radius 1 is 1.38 bits per heavy atom. The average Bonchev–Trinajstić information content (AvgIpc) is 2.59. The maximum Gasteiger partial charge on any atom is 0.223 e. The molecule has 2 amide bonds. The fourth-order valence-electron chi connectivity index (χ4n) is 2.69. The first-order valence-electron chi connectivity index (χ1n) is 8.00. The van der Waals surface area contributed by atoms with Crippen LogP contribution >= 0.6 is 11.6 Å². The third-order valence-corrected chi connectivity index (χ3v) is 4.35. The SMILES string of the molecule is COc1ccc(N(CCNC(=O)C2CCOCC2)C(C)=O)cc1Cl. The van der Waals surface area contributed by atoms with Crippen molar-refractivity contribution >= 4 is 29.1 Å². The molecule has 0 unspecified atom stereocenters. The summed E-state index contributed by atoms with van der Waals surface area (Å²) in [6.45, 7) is 3.51. The highest BCUT2D eigenvalue weighted by Gasteiger charge is 2.21. The van der Waals surface area contributed by atoms with E-state index in [4.69, 9.17) is 21.1 Å². The summed E-state index contributed by atoms with van der Waals surface area (Å²) < 4.78 is 10.4. The first-order chi connectivity index (χ1) is 11.5. The van der Waals surface area contributed by atoms with Crippen molar-refractivity contribution in [2.24, 2.45) is 5.92 Å². The van der Waals surface area contributed by atoms with E-state index in [-0.39, 0.29) is 17.7 Å². The van der Waals surface area contributed by atoms with Crippen LogP contribution in [0.5, 0.6) is 5.75 Å². The number of carbonyl (C=O) groups is 2. The molecular formula is C17H23ClN2O4. The lowest BCUT2D eigenvalue weighted by molar-refractivity contribution is -0.127. The second-order valence-corrected chi connectivity index (χ2v) is 6.07. The van der Waals surface area contributed by atoms with Gasteiger partial charge in [0.25, 0.3) is 0 Å². The van der Waals surface area contributed by atoms with Crippen LogP contribution in [-0.2, 0) is 14.3 Å². The molecule has 1 N–H and O–H groups in total. The molecule has 1 heterocycles. The lowest BCUT2D eigenvalue weighted by atomic mass is 9.99. The van der Waals surface area contributed by atoms with Gasteiger partial charge in [0.1, 0.15) is 5.75 Å². The van der Waals surface area contributed by atoms with Gasteiger partial charge in [0.15, 0.2) is 0 Å². The molecule has 0 saturated carbocycles. The Balaban J connectivity index is 1.92. The van der Waals surface area contributed by atoms with Gasteiger partial charge in [-0.1, -0.05) is 11.6 Å². The standard InChI is InChI=1S/C17H23ClN2O4/c1-12(21)20(14-3-4-16(23-2)15(18)11-14)8-7-19-17(22)13-5-9-24-10-6-13/h3-4,11,13H,5-10H2,1-2H3,(H,19,22). The van der Waals surface area contributed by atoms with Crippen LogP contribution < -0.4 is 15.0 Å². The number of hydrogen-bond donors (Lipinski definition) is 1. The quantitative estimate of drug-likeness (QED) is 0.850. The van der Waals surface area contributed by atoms with Crippen LogP contribution in [0.3, 0.4) is 0 Å². The number of ether oxygens (including phenoxy) is 2. The molecule has 1 saturated heterocycles. The molecule has 7 heteroatoms. The van der Waals surface area contributed by atoms with E-state index in [0.717, 1.165) is 12.8 Å². The number of anilines is 1. The highest BCUT2D eigenvalue weighted by molar-refractivity contribution is 6.32. The number of hydrogen-bond acceptors (Lipinski definition) is 4.